The minimum Gasteiger partial charge on any atom is -0.254 e. The van der Waals surface area contributed by atoms with Gasteiger partial charge in [-0.1, -0.05) is 0 Å². The van der Waals surface area contributed by atoms with Crippen molar-refractivity contribution in [1.82, 2.24) is 20.9 Å². The third-order valence-corrected chi connectivity index (χ3v) is 3.18. The third-order valence-electron chi connectivity index (χ3n) is 2.91. The van der Waals surface area contributed by atoms with Gasteiger partial charge in [0.2, 0.25) is 0 Å². The number of nitrogens with zero attached hydrogens (tertiary/aromatic N) is 2. The van der Waals surface area contributed by atoms with Crippen molar-refractivity contribution in [2.75, 3.05) is 5.88 Å². The highest BCUT2D eigenvalue weighted by molar-refractivity contribution is 6.17. The largest absolute Gasteiger partial charge is 0.349 e. The Bertz CT molecular complexity index is 253. The molecule has 0 aromatic heterocycles. The summed E-state index contributed by atoms with van der Waals surface area (Å²) in [6, 6.07) is 0.251. The Morgan fingerprint density at radius 1 is 1.11 bits per heavy atom. The first-order chi connectivity index (χ1) is 8.47. The van der Waals surface area contributed by atoms with Crippen LogP contribution in [0.3, 0.4) is 0 Å². The van der Waals surface area contributed by atoms with Crippen molar-refractivity contribution in [3.05, 3.63) is 0 Å². The van der Waals surface area contributed by atoms with Crippen LogP contribution in [0.15, 0.2) is 0 Å². The van der Waals surface area contributed by atoms with E-state index in [2.05, 4.69) is 10.9 Å². The predicted molar refractivity (Wildman–Crippen MR) is 74.0 cm³/mol. The molecule has 18 heavy (non-hydrogen) atoms. The highest BCUT2D eigenvalue weighted by atomic mass is 35.5. The monoisotopic (exact) mass is 276 g/mol. The molecule has 2 amide bonds. The lowest BCUT2D eigenvalue weighted by Gasteiger charge is -2.44. The molecule has 1 aliphatic heterocycles. The van der Waals surface area contributed by atoms with E-state index in [9.17, 15) is 4.79 Å². The van der Waals surface area contributed by atoms with Gasteiger partial charge in [0.05, 0.1) is 6.17 Å². The van der Waals surface area contributed by atoms with Crippen LogP contribution in [0.25, 0.3) is 0 Å². The number of rotatable bonds is 6. The molecule has 1 heterocycles. The molecule has 2 N–H and O–H groups in total. The zero-order valence-electron chi connectivity index (χ0n) is 11.7. The van der Waals surface area contributed by atoms with Gasteiger partial charge >= 0.3 is 6.03 Å². The number of carbonyl (C=O) groups excluding carboxylic acids is 1. The Kier molecular flexibility index (Phi) is 6.18. The lowest BCUT2D eigenvalue weighted by atomic mass is 10.2. The van der Waals surface area contributed by atoms with Crippen molar-refractivity contribution < 1.29 is 4.79 Å². The molecule has 0 aromatic rings. The normalized spacial score (nSPS) is 18.3. The molecule has 1 saturated heterocycles. The number of halogens is 1. The molecule has 0 spiro atoms. The number of urea groups is 1. The van der Waals surface area contributed by atoms with E-state index in [1.165, 1.54) is 0 Å². The highest BCUT2D eigenvalue weighted by Crippen LogP contribution is 2.12. The van der Waals surface area contributed by atoms with E-state index < -0.39 is 0 Å². The van der Waals surface area contributed by atoms with E-state index >= 15 is 0 Å². The maximum atomic E-state index is 12.2. The number of alkyl halides is 1. The summed E-state index contributed by atoms with van der Waals surface area (Å²) in [6.45, 7) is 8.02. The molecule has 1 rings (SSSR count). The standard InChI is InChI=1S/C12H25ClN4O/c1-9(2)16-12(18)17(10(3)4)15-11(14-16)7-5-6-8-13/h9-11,14-15H,5-8H2,1-4H3. The first kappa shape index (κ1) is 15.5. The van der Waals surface area contributed by atoms with Crippen LogP contribution in [0.5, 0.6) is 0 Å². The molecule has 0 unspecified atom stereocenters. The Hall–Kier alpha value is -0.520. The lowest BCUT2D eigenvalue weighted by Crippen LogP contribution is -2.71. The van der Waals surface area contributed by atoms with Gasteiger partial charge in [0.1, 0.15) is 0 Å². The molecule has 0 saturated carbocycles. The van der Waals surface area contributed by atoms with Crippen molar-refractivity contribution in [2.24, 2.45) is 0 Å². The highest BCUT2D eigenvalue weighted by Gasteiger charge is 2.33. The fourth-order valence-corrected chi connectivity index (χ4v) is 2.09. The molecule has 5 nitrogen and oxygen atoms in total. The molecule has 106 valence electrons. The van der Waals surface area contributed by atoms with Crippen LogP contribution in [0.2, 0.25) is 0 Å². The van der Waals surface area contributed by atoms with E-state index in [1.54, 1.807) is 10.0 Å². The van der Waals surface area contributed by atoms with Crippen molar-refractivity contribution in [3.8, 4) is 0 Å². The van der Waals surface area contributed by atoms with Gasteiger partial charge in [-0.3, -0.25) is 10.0 Å². The summed E-state index contributed by atoms with van der Waals surface area (Å²) in [7, 11) is 0. The van der Waals surface area contributed by atoms with Crippen LogP contribution in [-0.2, 0) is 0 Å². The molecule has 0 aliphatic carbocycles. The first-order valence-corrected chi connectivity index (χ1v) is 7.21. The van der Waals surface area contributed by atoms with E-state index in [0.717, 1.165) is 19.3 Å². The van der Waals surface area contributed by atoms with Crippen LogP contribution in [0, 0.1) is 0 Å². The lowest BCUT2D eigenvalue weighted by molar-refractivity contribution is 0.00173. The topological polar surface area (TPSA) is 47.6 Å². The number of carbonyl (C=O) groups is 1. The Morgan fingerprint density at radius 3 is 2.00 bits per heavy atom. The van der Waals surface area contributed by atoms with E-state index in [1.807, 2.05) is 27.7 Å². The van der Waals surface area contributed by atoms with E-state index in [4.69, 9.17) is 11.6 Å². The zero-order chi connectivity index (χ0) is 13.7. The number of amides is 2. The van der Waals surface area contributed by atoms with Crippen molar-refractivity contribution >= 4 is 17.6 Å². The van der Waals surface area contributed by atoms with Crippen LogP contribution in [0.4, 0.5) is 4.79 Å². The van der Waals surface area contributed by atoms with Gasteiger partial charge in [-0.05, 0) is 47.0 Å². The fraction of sp³-hybridized carbons (Fsp3) is 0.917. The van der Waals surface area contributed by atoms with Crippen LogP contribution in [0.1, 0.15) is 47.0 Å². The second-order valence-corrected chi connectivity index (χ2v) is 5.58. The van der Waals surface area contributed by atoms with Gasteiger partial charge in [0.25, 0.3) is 0 Å². The second-order valence-electron chi connectivity index (χ2n) is 5.21. The minimum absolute atomic E-state index is 0.0198. The van der Waals surface area contributed by atoms with Gasteiger partial charge in [0.15, 0.2) is 0 Å². The molecule has 6 heteroatoms. The number of hydrazine groups is 2. The SMILES string of the molecule is CC(C)N1NC(CCCCCl)NN(C(C)C)C1=O. The Morgan fingerprint density at radius 2 is 1.61 bits per heavy atom. The quantitative estimate of drug-likeness (QED) is 0.578. The predicted octanol–water partition coefficient (Wildman–Crippen LogP) is 2.29. The van der Waals surface area contributed by atoms with E-state index in [0.29, 0.717) is 5.88 Å². The summed E-state index contributed by atoms with van der Waals surface area (Å²) in [6.07, 6.45) is 3.08. The first-order valence-electron chi connectivity index (χ1n) is 6.68. The molecule has 0 aromatic carbocycles. The summed E-state index contributed by atoms with van der Waals surface area (Å²) < 4.78 is 0. The molecule has 0 bridgehead atoms. The third kappa shape index (κ3) is 4.00. The number of hydrogen-bond donors (Lipinski definition) is 2. The summed E-state index contributed by atoms with van der Waals surface area (Å²) in [5.41, 5.74) is 6.47. The van der Waals surface area contributed by atoms with Crippen LogP contribution < -0.4 is 10.9 Å². The van der Waals surface area contributed by atoms with Crippen molar-refractivity contribution in [2.45, 2.75) is 65.2 Å². The Balaban J connectivity index is 2.63. The molecule has 0 radical (unpaired) electrons. The molecular weight excluding hydrogens is 252 g/mol. The number of hydrogen-bond acceptors (Lipinski definition) is 3. The van der Waals surface area contributed by atoms with Crippen molar-refractivity contribution in [3.63, 3.8) is 0 Å². The molecule has 0 atom stereocenters. The smallest absolute Gasteiger partial charge is 0.254 e. The number of nitrogens with one attached hydrogen (secondary N) is 2. The molecule has 1 aliphatic rings. The maximum absolute atomic E-state index is 12.2. The average molecular weight is 277 g/mol. The van der Waals surface area contributed by atoms with E-state index in [-0.39, 0.29) is 24.3 Å². The van der Waals surface area contributed by atoms with Gasteiger partial charge < -0.3 is 0 Å². The van der Waals surface area contributed by atoms with Gasteiger partial charge in [-0.25, -0.2) is 15.6 Å². The summed E-state index contributed by atoms with van der Waals surface area (Å²) in [5, 5.41) is 3.39. The van der Waals surface area contributed by atoms with Crippen LogP contribution in [-0.4, -0.2) is 40.2 Å². The maximum Gasteiger partial charge on any atom is 0.349 e. The van der Waals surface area contributed by atoms with Crippen LogP contribution >= 0.6 is 11.6 Å². The summed E-state index contributed by atoms with van der Waals surface area (Å²) in [4.78, 5) is 12.2. The molecular formula is C12H25ClN4O. The zero-order valence-corrected chi connectivity index (χ0v) is 12.5. The van der Waals surface area contributed by atoms with Gasteiger partial charge in [-0.15, -0.1) is 11.6 Å². The average Bonchev–Trinajstić information content (AvgIpc) is 2.30. The van der Waals surface area contributed by atoms with Gasteiger partial charge in [0, 0.05) is 18.0 Å². The molecule has 1 fully saturated rings. The summed E-state index contributed by atoms with van der Waals surface area (Å²) >= 11 is 5.68. The second kappa shape index (κ2) is 7.16. The minimum atomic E-state index is -0.0198. The number of unbranched alkanes of at least 4 members (excludes halogenated alkanes) is 1. The van der Waals surface area contributed by atoms with Crippen molar-refractivity contribution in [1.29, 1.82) is 0 Å². The Labute approximate surface area is 115 Å². The summed E-state index contributed by atoms with van der Waals surface area (Å²) in [5.74, 6) is 0.688. The fourth-order valence-electron chi connectivity index (χ4n) is 1.90. The van der Waals surface area contributed by atoms with Gasteiger partial charge in [-0.2, -0.15) is 0 Å².